The van der Waals surface area contributed by atoms with E-state index in [0.717, 1.165) is 11.3 Å². The van der Waals surface area contributed by atoms with E-state index >= 15 is 0 Å². The van der Waals surface area contributed by atoms with Crippen molar-refractivity contribution in [3.8, 4) is 5.75 Å². The van der Waals surface area contributed by atoms with Gasteiger partial charge in [-0.3, -0.25) is 9.59 Å². The van der Waals surface area contributed by atoms with Crippen molar-refractivity contribution in [3.05, 3.63) is 51.7 Å². The predicted octanol–water partition coefficient (Wildman–Crippen LogP) is 3.26. The Bertz CT molecular complexity index is 718. The molecule has 128 valence electrons. The normalized spacial score (nSPS) is 12.0. The minimum Gasteiger partial charge on any atom is -0.481 e. The van der Waals surface area contributed by atoms with Crippen LogP contribution in [-0.4, -0.2) is 30.1 Å². The molecule has 0 aliphatic heterocycles. The van der Waals surface area contributed by atoms with Crippen molar-refractivity contribution in [2.24, 2.45) is 0 Å². The Morgan fingerprint density at radius 3 is 2.54 bits per heavy atom. The molecule has 0 spiro atoms. The van der Waals surface area contributed by atoms with Crippen molar-refractivity contribution in [2.45, 2.75) is 19.5 Å². The zero-order chi connectivity index (χ0) is 17.7. The molecule has 24 heavy (non-hydrogen) atoms. The molecule has 1 unspecified atom stereocenters. The number of ether oxygens (including phenoxy) is 1. The molecule has 0 saturated carbocycles. The van der Waals surface area contributed by atoms with Gasteiger partial charge in [-0.1, -0.05) is 30.3 Å². The number of hydrogen-bond acceptors (Lipinski definition) is 4. The molecule has 0 saturated heterocycles. The first-order chi connectivity index (χ1) is 11.4. The number of carbonyl (C=O) groups is 2. The molecule has 0 radical (unpaired) electrons. The molecular formula is C16H15F2NO4S. The average Bonchev–Trinajstić information content (AvgIpc) is 2.88. The number of hydrogen-bond donors (Lipinski definition) is 2. The minimum atomic E-state index is -3.04. The molecule has 5 nitrogen and oxygen atoms in total. The van der Waals surface area contributed by atoms with Gasteiger partial charge in [0.2, 0.25) is 0 Å². The zero-order valence-electron chi connectivity index (χ0n) is 12.7. The van der Waals surface area contributed by atoms with E-state index in [-0.39, 0.29) is 17.2 Å². The molecular weight excluding hydrogens is 340 g/mol. The fourth-order valence-electron chi connectivity index (χ4n) is 2.14. The molecule has 1 aromatic carbocycles. The lowest BCUT2D eigenvalue weighted by Crippen LogP contribution is -2.31. The van der Waals surface area contributed by atoms with E-state index in [4.69, 9.17) is 0 Å². The monoisotopic (exact) mass is 355 g/mol. The van der Waals surface area contributed by atoms with Crippen LogP contribution in [0.5, 0.6) is 5.75 Å². The summed E-state index contributed by atoms with van der Waals surface area (Å²) in [7, 11) is 0. The Morgan fingerprint density at radius 1 is 1.29 bits per heavy atom. The third kappa shape index (κ3) is 4.51. The van der Waals surface area contributed by atoms with Crippen LogP contribution in [-0.2, 0) is 4.79 Å². The maximum absolute atomic E-state index is 12.4. The Labute approximate surface area is 140 Å². The summed E-state index contributed by atoms with van der Waals surface area (Å²) in [5, 5.41) is 11.8. The molecule has 2 N–H and O–H groups in total. The number of nitrogens with one attached hydrogen (secondary N) is 1. The summed E-state index contributed by atoms with van der Waals surface area (Å²) in [6.45, 7) is -1.55. The van der Waals surface area contributed by atoms with Gasteiger partial charge in [-0.2, -0.15) is 8.78 Å². The van der Waals surface area contributed by atoms with Crippen molar-refractivity contribution in [2.75, 3.05) is 6.54 Å². The van der Waals surface area contributed by atoms with Crippen LogP contribution in [0.1, 0.15) is 26.0 Å². The van der Waals surface area contributed by atoms with Gasteiger partial charge in [-0.15, -0.1) is 11.3 Å². The van der Waals surface area contributed by atoms with E-state index in [2.05, 4.69) is 10.1 Å². The van der Waals surface area contributed by atoms with E-state index in [1.165, 1.54) is 6.07 Å². The molecule has 0 bridgehead atoms. The SMILES string of the molecule is Cc1cc(OC(F)F)c(C(=O)NCC(C(=O)O)c2ccccc2)s1. The van der Waals surface area contributed by atoms with E-state index < -0.39 is 24.4 Å². The highest BCUT2D eigenvalue weighted by Crippen LogP contribution is 2.30. The average molecular weight is 355 g/mol. The number of carboxylic acid groups (broad SMARTS) is 1. The Kier molecular flexibility index (Phi) is 5.86. The molecule has 1 amide bonds. The largest absolute Gasteiger partial charge is 0.481 e. The number of aryl methyl sites for hydroxylation is 1. The Balaban J connectivity index is 2.10. The van der Waals surface area contributed by atoms with Crippen molar-refractivity contribution in [1.29, 1.82) is 0 Å². The van der Waals surface area contributed by atoms with Crippen molar-refractivity contribution in [1.82, 2.24) is 5.32 Å². The second kappa shape index (κ2) is 7.87. The number of alkyl halides is 2. The standard InChI is InChI=1S/C16H15F2NO4S/c1-9-7-12(23-16(17)18)13(24-9)14(20)19-8-11(15(21)22)10-5-3-2-4-6-10/h2-7,11,16H,8H2,1H3,(H,19,20)(H,21,22). The van der Waals surface area contributed by atoms with Crippen molar-refractivity contribution in [3.63, 3.8) is 0 Å². The first-order valence-corrected chi connectivity index (χ1v) is 7.81. The van der Waals surface area contributed by atoms with Gasteiger partial charge in [-0.25, -0.2) is 0 Å². The molecule has 0 aliphatic carbocycles. The predicted molar refractivity (Wildman–Crippen MR) is 84.8 cm³/mol. The number of halogens is 2. The van der Waals surface area contributed by atoms with E-state index in [9.17, 15) is 23.5 Å². The third-order valence-electron chi connectivity index (χ3n) is 3.21. The van der Waals surface area contributed by atoms with Crippen LogP contribution in [0, 0.1) is 6.92 Å². The van der Waals surface area contributed by atoms with Gasteiger partial charge in [0.15, 0.2) is 0 Å². The minimum absolute atomic E-state index is 0.00926. The first kappa shape index (κ1) is 17.9. The van der Waals surface area contributed by atoms with Crippen LogP contribution in [0.2, 0.25) is 0 Å². The van der Waals surface area contributed by atoms with Crippen molar-refractivity contribution >= 4 is 23.2 Å². The Hall–Kier alpha value is -2.48. The highest BCUT2D eigenvalue weighted by atomic mass is 32.1. The first-order valence-electron chi connectivity index (χ1n) is 6.99. The summed E-state index contributed by atoms with van der Waals surface area (Å²) in [4.78, 5) is 24.2. The number of thiophene rings is 1. The maximum Gasteiger partial charge on any atom is 0.387 e. The molecule has 0 fully saturated rings. The number of aliphatic carboxylic acids is 1. The van der Waals surface area contributed by atoms with E-state index in [1.807, 2.05) is 0 Å². The lowest BCUT2D eigenvalue weighted by atomic mass is 9.99. The van der Waals surface area contributed by atoms with Gasteiger partial charge in [0.25, 0.3) is 5.91 Å². The van der Waals surface area contributed by atoms with Gasteiger partial charge < -0.3 is 15.2 Å². The third-order valence-corrected chi connectivity index (χ3v) is 4.24. The smallest absolute Gasteiger partial charge is 0.387 e. The summed E-state index contributed by atoms with van der Waals surface area (Å²) in [5.41, 5.74) is 0.539. The molecule has 2 aromatic rings. The molecule has 2 rings (SSSR count). The number of carbonyl (C=O) groups excluding carboxylic acids is 1. The van der Waals surface area contributed by atoms with Crippen LogP contribution < -0.4 is 10.1 Å². The maximum atomic E-state index is 12.4. The van der Waals surface area contributed by atoms with E-state index in [1.54, 1.807) is 37.3 Å². The fraction of sp³-hybridized carbons (Fsp3) is 0.250. The van der Waals surface area contributed by atoms with Crippen LogP contribution in [0.15, 0.2) is 36.4 Å². The summed E-state index contributed by atoms with van der Waals surface area (Å²) in [6.07, 6.45) is 0. The summed E-state index contributed by atoms with van der Waals surface area (Å²) in [6, 6.07) is 9.78. The van der Waals surface area contributed by atoms with Gasteiger partial charge in [-0.05, 0) is 18.6 Å². The zero-order valence-corrected chi connectivity index (χ0v) is 13.5. The summed E-state index contributed by atoms with van der Waals surface area (Å²) < 4.78 is 29.1. The number of carboxylic acids is 1. The lowest BCUT2D eigenvalue weighted by molar-refractivity contribution is -0.138. The molecule has 1 heterocycles. The second-order valence-electron chi connectivity index (χ2n) is 4.94. The highest BCUT2D eigenvalue weighted by Gasteiger charge is 2.23. The number of amides is 1. The molecule has 0 aliphatic rings. The van der Waals surface area contributed by atoms with Crippen LogP contribution in [0.3, 0.4) is 0 Å². The summed E-state index contributed by atoms with van der Waals surface area (Å²) >= 11 is 1.00. The van der Waals surface area contributed by atoms with E-state index in [0.29, 0.717) is 10.4 Å². The van der Waals surface area contributed by atoms with Crippen LogP contribution >= 0.6 is 11.3 Å². The van der Waals surface area contributed by atoms with Crippen molar-refractivity contribution < 1.29 is 28.2 Å². The summed E-state index contributed by atoms with van der Waals surface area (Å²) in [5.74, 6) is -2.88. The highest BCUT2D eigenvalue weighted by molar-refractivity contribution is 7.14. The molecule has 8 heteroatoms. The Morgan fingerprint density at radius 2 is 1.96 bits per heavy atom. The molecule has 1 aromatic heterocycles. The van der Waals surface area contributed by atoms with Crippen LogP contribution in [0.4, 0.5) is 8.78 Å². The van der Waals surface area contributed by atoms with Gasteiger partial charge in [0, 0.05) is 11.4 Å². The lowest BCUT2D eigenvalue weighted by Gasteiger charge is -2.14. The number of rotatable bonds is 7. The topological polar surface area (TPSA) is 75.6 Å². The van der Waals surface area contributed by atoms with Crippen LogP contribution in [0.25, 0.3) is 0 Å². The van der Waals surface area contributed by atoms with Gasteiger partial charge in [0.1, 0.15) is 10.6 Å². The van der Waals surface area contributed by atoms with Gasteiger partial charge in [0.05, 0.1) is 5.92 Å². The second-order valence-corrected chi connectivity index (χ2v) is 6.20. The fourth-order valence-corrected chi connectivity index (χ4v) is 3.00. The van der Waals surface area contributed by atoms with Gasteiger partial charge >= 0.3 is 12.6 Å². The number of benzene rings is 1. The molecule has 1 atom stereocenters. The quantitative estimate of drug-likeness (QED) is 0.799.